The van der Waals surface area contributed by atoms with Crippen LogP contribution < -0.4 is 24.8 Å². The molecule has 0 aliphatic rings. The summed E-state index contributed by atoms with van der Waals surface area (Å²) >= 11 is 1.74. The van der Waals surface area contributed by atoms with Crippen molar-refractivity contribution in [1.29, 1.82) is 0 Å². The van der Waals surface area contributed by atoms with Crippen molar-refractivity contribution < 1.29 is 57.0 Å². The molecule has 0 N–H and O–H groups in total. The maximum absolute atomic E-state index is 6.03. The summed E-state index contributed by atoms with van der Waals surface area (Å²) in [5, 5.41) is 7.44. The number of hydrogen-bond acceptors (Lipinski definition) is 2. The third-order valence-electron chi connectivity index (χ3n) is 8.26. The third-order valence-corrected chi connectivity index (χ3v) is 8.26. The minimum Gasteiger partial charge on any atom is -1.00 e. The standard InChI is InChI=1S/2C20H17O.C2H6Si.2ClH.Zr/c2*1-13(2)16-10-14-7-5-8-17(18(14)11-16)20-12-15-6-3-4-9-19(15)21-20;1-3-2;;;/h2*3-13H,1-2H3;1-2H3;2*1H;/q2*-1;;;;+2/p-2. The molecule has 0 fully saturated rings. The van der Waals surface area contributed by atoms with Gasteiger partial charge in [0, 0.05) is 10.8 Å². The molecule has 244 valence electrons. The van der Waals surface area contributed by atoms with E-state index in [0.717, 1.165) is 33.5 Å². The molecule has 0 atom stereocenters. The van der Waals surface area contributed by atoms with Crippen molar-refractivity contribution in [3.05, 3.63) is 132 Å². The van der Waals surface area contributed by atoms with Gasteiger partial charge in [0.1, 0.15) is 22.7 Å². The van der Waals surface area contributed by atoms with Crippen LogP contribution in [0.1, 0.15) is 50.7 Å². The summed E-state index contributed by atoms with van der Waals surface area (Å²) in [6, 6.07) is 42.6. The van der Waals surface area contributed by atoms with Gasteiger partial charge >= 0.3 is 41.9 Å². The van der Waals surface area contributed by atoms with E-state index in [4.69, 9.17) is 8.83 Å². The molecular weight excluding hydrogens is 727 g/mol. The topological polar surface area (TPSA) is 26.3 Å². The van der Waals surface area contributed by atoms with Gasteiger partial charge in [-0.25, -0.2) is 0 Å². The molecular formula is C42H40Cl2O2SiZr-2. The molecule has 0 saturated heterocycles. The van der Waals surface area contributed by atoms with Gasteiger partial charge in [0.15, 0.2) is 0 Å². The average Bonchev–Trinajstić information content (AvgIpc) is 3.83. The zero-order chi connectivity index (χ0) is 32.4. The van der Waals surface area contributed by atoms with Gasteiger partial charge in [-0.2, -0.15) is 12.1 Å². The Labute approximate surface area is 311 Å². The van der Waals surface area contributed by atoms with Gasteiger partial charge < -0.3 is 33.6 Å². The molecule has 0 unspecified atom stereocenters. The maximum Gasteiger partial charge on any atom is -1.00 e. The van der Waals surface area contributed by atoms with Crippen molar-refractivity contribution in [2.45, 2.75) is 52.6 Å². The van der Waals surface area contributed by atoms with Crippen LogP contribution in [0.25, 0.3) is 66.1 Å². The van der Waals surface area contributed by atoms with E-state index in [0.29, 0.717) is 11.8 Å². The van der Waals surface area contributed by atoms with E-state index in [-0.39, 0.29) is 30.2 Å². The minimum atomic E-state index is 0. The second-order valence-electron chi connectivity index (χ2n) is 12.8. The number of hydrogen-bond donors (Lipinski definition) is 0. The Hall–Kier alpha value is -3.14. The third kappa shape index (κ3) is 8.35. The van der Waals surface area contributed by atoms with Crippen molar-refractivity contribution in [2.75, 3.05) is 0 Å². The fraction of sp³-hybridized carbons (Fsp3) is 0.190. The van der Waals surface area contributed by atoms with Gasteiger partial charge in [0.2, 0.25) is 0 Å². The number of rotatable bonds is 4. The molecule has 8 rings (SSSR count). The number of para-hydroxylation sites is 2. The van der Waals surface area contributed by atoms with Crippen LogP contribution in [-0.2, 0) is 23.3 Å². The Morgan fingerprint density at radius 1 is 0.542 bits per heavy atom. The van der Waals surface area contributed by atoms with E-state index in [2.05, 4.69) is 126 Å². The first-order chi connectivity index (χ1) is 22.2. The largest absolute Gasteiger partial charge is 1.00 e. The summed E-state index contributed by atoms with van der Waals surface area (Å²) < 4.78 is 12.1. The van der Waals surface area contributed by atoms with E-state index in [1.165, 1.54) is 43.8 Å². The quantitative estimate of drug-likeness (QED) is 0.143. The fourth-order valence-corrected chi connectivity index (χ4v) is 5.84. The van der Waals surface area contributed by atoms with Gasteiger partial charge in [0.25, 0.3) is 0 Å². The minimum absolute atomic E-state index is 0. The van der Waals surface area contributed by atoms with Crippen molar-refractivity contribution >= 4 is 48.9 Å². The predicted octanol–water partition coefficient (Wildman–Crippen LogP) is 6.98. The summed E-state index contributed by atoms with van der Waals surface area (Å²) in [5.41, 5.74) is 7.22. The molecule has 6 aromatic carbocycles. The molecule has 0 spiro atoms. The molecule has 2 heterocycles. The first kappa shape index (κ1) is 37.7. The van der Waals surface area contributed by atoms with Crippen LogP contribution in [0.15, 0.2) is 130 Å². The predicted molar refractivity (Wildman–Crippen MR) is 195 cm³/mol. The zero-order valence-corrected chi connectivity index (χ0v) is 33.2. The van der Waals surface area contributed by atoms with Gasteiger partial charge in [-0.3, -0.25) is 0 Å². The van der Waals surface area contributed by atoms with Gasteiger partial charge in [-0.05, 0) is 47.2 Å². The van der Waals surface area contributed by atoms with Crippen LogP contribution in [0.5, 0.6) is 0 Å². The number of furan rings is 2. The van der Waals surface area contributed by atoms with Crippen LogP contribution in [-0.4, -0.2) is 5.43 Å². The summed E-state index contributed by atoms with van der Waals surface area (Å²) in [6.07, 6.45) is 0. The number of halogens is 2. The Morgan fingerprint density at radius 3 is 1.27 bits per heavy atom. The Kier molecular flexibility index (Phi) is 13.0. The number of fused-ring (bicyclic) bond motifs is 4. The molecule has 2 nitrogen and oxygen atoms in total. The van der Waals surface area contributed by atoms with Crippen molar-refractivity contribution in [3.63, 3.8) is 0 Å². The van der Waals surface area contributed by atoms with Crippen LogP contribution >= 0.6 is 0 Å². The zero-order valence-electron chi connectivity index (χ0n) is 28.3. The van der Waals surface area contributed by atoms with E-state index in [9.17, 15) is 0 Å². The van der Waals surface area contributed by atoms with E-state index in [1.807, 2.05) is 36.4 Å². The summed E-state index contributed by atoms with van der Waals surface area (Å²) in [4.78, 5) is 0. The van der Waals surface area contributed by atoms with E-state index < -0.39 is 0 Å². The van der Waals surface area contributed by atoms with E-state index >= 15 is 0 Å². The Balaban J connectivity index is 0.000000188. The summed E-state index contributed by atoms with van der Waals surface area (Å²) in [5.74, 6) is 2.98. The Morgan fingerprint density at radius 2 is 0.917 bits per heavy atom. The average molecular weight is 767 g/mol. The Bertz CT molecular complexity index is 2060. The van der Waals surface area contributed by atoms with Gasteiger partial charge in [-0.1, -0.05) is 76.2 Å². The van der Waals surface area contributed by atoms with Gasteiger partial charge in [-0.15, -0.1) is 69.1 Å². The van der Waals surface area contributed by atoms with Crippen molar-refractivity contribution in [3.8, 4) is 22.6 Å². The molecule has 0 aliphatic carbocycles. The molecule has 0 bridgehead atoms. The molecule has 0 saturated carbocycles. The van der Waals surface area contributed by atoms with Crippen molar-refractivity contribution in [2.24, 2.45) is 0 Å². The normalized spacial score (nSPS) is 10.9. The first-order valence-electron chi connectivity index (χ1n) is 16.1. The SMILES string of the molecule is CC(C)c1cc2c(-c3cc4ccccc4o3)cccc2[cH-]1.CC(C)c1cc2c(-c3cc4ccccc4o3)cccc2[cH-]1.C[Si](C)=[Zr+2].[Cl-].[Cl-]. The summed E-state index contributed by atoms with van der Waals surface area (Å²) in [6.45, 7) is 13.5. The van der Waals surface area contributed by atoms with Gasteiger partial charge in [0.05, 0.1) is 0 Å². The smallest absolute Gasteiger partial charge is 1.00 e. The van der Waals surface area contributed by atoms with E-state index in [1.54, 1.807) is 23.3 Å². The second-order valence-corrected chi connectivity index (χ2v) is 22.2. The monoisotopic (exact) mass is 764 g/mol. The molecule has 0 aliphatic heterocycles. The number of benzene rings is 4. The molecule has 8 aromatic rings. The second kappa shape index (κ2) is 16.5. The first-order valence-corrected chi connectivity index (χ1v) is 22.2. The maximum atomic E-state index is 6.03. The molecule has 2 aromatic heterocycles. The molecule has 0 radical (unpaired) electrons. The molecule has 0 amide bonds. The van der Waals surface area contributed by atoms with Crippen LogP contribution in [0.2, 0.25) is 13.1 Å². The van der Waals surface area contributed by atoms with Crippen LogP contribution in [0.3, 0.4) is 0 Å². The molecule has 48 heavy (non-hydrogen) atoms. The van der Waals surface area contributed by atoms with Crippen molar-refractivity contribution in [1.82, 2.24) is 0 Å². The molecule has 6 heteroatoms. The van der Waals surface area contributed by atoms with Crippen LogP contribution in [0.4, 0.5) is 0 Å². The summed E-state index contributed by atoms with van der Waals surface area (Å²) in [7, 11) is 0. The fourth-order valence-electron chi connectivity index (χ4n) is 5.84. The van der Waals surface area contributed by atoms with Crippen LogP contribution in [0, 0.1) is 0 Å².